The van der Waals surface area contributed by atoms with Crippen LogP contribution in [0.25, 0.3) is 21.3 Å². The summed E-state index contributed by atoms with van der Waals surface area (Å²) in [6.07, 6.45) is 1.60. The number of hydrogen-bond acceptors (Lipinski definition) is 4. The van der Waals surface area contributed by atoms with Crippen LogP contribution in [0.5, 0.6) is 0 Å². The molecule has 0 aliphatic rings. The zero-order chi connectivity index (χ0) is 15.3. The number of fused-ring (bicyclic) bond motifs is 2. The van der Waals surface area contributed by atoms with Gasteiger partial charge < -0.3 is 8.98 Å². The van der Waals surface area contributed by atoms with E-state index in [2.05, 4.69) is 10.3 Å². The number of nitrogens with zero attached hydrogens (tertiary/aromatic N) is 2. The molecule has 0 bridgehead atoms. The maximum absolute atomic E-state index is 12.4. The van der Waals surface area contributed by atoms with Crippen LogP contribution in [0, 0.1) is 0 Å². The number of nitrogens with one attached hydrogen (secondary N) is 1. The zero-order valence-corrected chi connectivity index (χ0v) is 13.0. The highest BCUT2D eigenvalue weighted by molar-refractivity contribution is 7.22. The lowest BCUT2D eigenvalue weighted by Crippen LogP contribution is -2.15. The molecule has 0 atom stereocenters. The van der Waals surface area contributed by atoms with Gasteiger partial charge in [0.2, 0.25) is 0 Å². The highest BCUT2D eigenvalue weighted by Gasteiger charge is 2.16. The van der Waals surface area contributed by atoms with Crippen LogP contribution in [0.1, 0.15) is 10.5 Å². The lowest BCUT2D eigenvalue weighted by Gasteiger charge is -2.02. The van der Waals surface area contributed by atoms with E-state index in [0.29, 0.717) is 21.4 Å². The van der Waals surface area contributed by atoms with Crippen LogP contribution in [-0.4, -0.2) is 15.5 Å². The van der Waals surface area contributed by atoms with Crippen LogP contribution < -0.4 is 5.32 Å². The molecule has 4 rings (SSSR count). The molecule has 7 heteroatoms. The standard InChI is InChI=1S/C15H10ClN3O2S/c1-19-10-4-5-21-12(10)7-11(19)14(20)18-15-17-9-3-2-8(16)6-13(9)22-15/h2-7H,1H3,(H,17,18,20). The van der Waals surface area contributed by atoms with E-state index in [4.69, 9.17) is 16.0 Å². The maximum atomic E-state index is 12.4. The van der Waals surface area contributed by atoms with E-state index in [1.807, 2.05) is 25.2 Å². The van der Waals surface area contributed by atoms with Gasteiger partial charge in [0.25, 0.3) is 5.91 Å². The van der Waals surface area contributed by atoms with Crippen molar-refractivity contribution < 1.29 is 9.21 Å². The van der Waals surface area contributed by atoms with Crippen molar-refractivity contribution in [1.82, 2.24) is 9.55 Å². The summed E-state index contributed by atoms with van der Waals surface area (Å²) in [6, 6.07) is 8.99. The molecule has 0 fully saturated rings. The van der Waals surface area contributed by atoms with Gasteiger partial charge in [-0.15, -0.1) is 0 Å². The van der Waals surface area contributed by atoms with Gasteiger partial charge >= 0.3 is 0 Å². The van der Waals surface area contributed by atoms with Crippen molar-refractivity contribution in [2.45, 2.75) is 0 Å². The Morgan fingerprint density at radius 1 is 1.36 bits per heavy atom. The van der Waals surface area contributed by atoms with Gasteiger partial charge in [0.1, 0.15) is 5.69 Å². The van der Waals surface area contributed by atoms with E-state index in [1.165, 1.54) is 11.3 Å². The van der Waals surface area contributed by atoms with Crippen molar-refractivity contribution in [2.24, 2.45) is 7.05 Å². The molecule has 0 unspecified atom stereocenters. The van der Waals surface area contributed by atoms with E-state index in [-0.39, 0.29) is 5.91 Å². The summed E-state index contributed by atoms with van der Waals surface area (Å²) in [7, 11) is 1.82. The maximum Gasteiger partial charge on any atom is 0.274 e. The molecule has 0 saturated carbocycles. The third-order valence-electron chi connectivity index (χ3n) is 3.47. The largest absolute Gasteiger partial charge is 0.463 e. The van der Waals surface area contributed by atoms with Crippen molar-refractivity contribution in [3.63, 3.8) is 0 Å². The fourth-order valence-corrected chi connectivity index (χ4v) is 3.52. The van der Waals surface area contributed by atoms with Crippen LogP contribution in [0.2, 0.25) is 5.02 Å². The van der Waals surface area contributed by atoms with Crippen LogP contribution in [0.15, 0.2) is 41.0 Å². The monoisotopic (exact) mass is 331 g/mol. The minimum absolute atomic E-state index is 0.223. The van der Waals surface area contributed by atoms with E-state index in [9.17, 15) is 4.79 Å². The van der Waals surface area contributed by atoms with Crippen molar-refractivity contribution in [1.29, 1.82) is 0 Å². The Morgan fingerprint density at radius 3 is 3.05 bits per heavy atom. The fourth-order valence-electron chi connectivity index (χ4n) is 2.38. The van der Waals surface area contributed by atoms with Gasteiger partial charge in [-0.2, -0.15) is 0 Å². The Labute approximate surface area is 134 Å². The number of carbonyl (C=O) groups is 1. The van der Waals surface area contributed by atoms with Crippen molar-refractivity contribution >= 4 is 55.3 Å². The average Bonchev–Trinajstić information content (AvgIpc) is 3.14. The summed E-state index contributed by atoms with van der Waals surface area (Å²) in [6.45, 7) is 0. The number of aromatic nitrogens is 2. The fraction of sp³-hybridized carbons (Fsp3) is 0.0667. The molecule has 1 aromatic carbocycles. The molecule has 3 heterocycles. The third-order valence-corrected chi connectivity index (χ3v) is 4.64. The summed E-state index contributed by atoms with van der Waals surface area (Å²) in [4.78, 5) is 16.8. The van der Waals surface area contributed by atoms with Gasteiger partial charge in [-0.1, -0.05) is 22.9 Å². The molecule has 0 aliphatic carbocycles. The summed E-state index contributed by atoms with van der Waals surface area (Å²) >= 11 is 7.35. The number of hydrogen-bond donors (Lipinski definition) is 1. The Bertz CT molecular complexity index is 1010. The Kier molecular flexibility index (Phi) is 2.95. The molecule has 0 radical (unpaired) electrons. The van der Waals surface area contributed by atoms with Gasteiger partial charge in [-0.25, -0.2) is 4.98 Å². The highest BCUT2D eigenvalue weighted by atomic mass is 35.5. The number of benzene rings is 1. The predicted molar refractivity (Wildman–Crippen MR) is 87.8 cm³/mol. The number of amides is 1. The molecule has 1 amide bonds. The highest BCUT2D eigenvalue weighted by Crippen LogP contribution is 2.29. The topological polar surface area (TPSA) is 60.1 Å². The first kappa shape index (κ1) is 13.4. The first-order chi connectivity index (χ1) is 10.6. The number of thiazole rings is 1. The molecule has 4 aromatic rings. The van der Waals surface area contributed by atoms with Crippen LogP contribution in [0.4, 0.5) is 5.13 Å². The first-order valence-electron chi connectivity index (χ1n) is 6.52. The molecular weight excluding hydrogens is 322 g/mol. The summed E-state index contributed by atoms with van der Waals surface area (Å²) in [5, 5.41) is 4.01. The summed E-state index contributed by atoms with van der Waals surface area (Å²) in [5.41, 5.74) is 2.89. The summed E-state index contributed by atoms with van der Waals surface area (Å²) in [5.74, 6) is -0.223. The Morgan fingerprint density at radius 2 is 2.23 bits per heavy atom. The quantitative estimate of drug-likeness (QED) is 0.596. The average molecular weight is 332 g/mol. The normalized spacial score (nSPS) is 11.4. The van der Waals surface area contributed by atoms with E-state index in [1.54, 1.807) is 23.0 Å². The number of halogens is 1. The number of aryl methyl sites for hydroxylation is 1. The lowest BCUT2D eigenvalue weighted by molar-refractivity contribution is 0.101. The molecular formula is C15H10ClN3O2S. The number of rotatable bonds is 2. The van der Waals surface area contributed by atoms with Crippen molar-refractivity contribution in [3.05, 3.63) is 47.3 Å². The molecule has 5 nitrogen and oxygen atoms in total. The van der Waals surface area contributed by atoms with Gasteiger partial charge in [0.05, 0.1) is 22.0 Å². The number of carbonyl (C=O) groups excluding carboxylic acids is 1. The Balaban J connectivity index is 1.67. The molecule has 0 aliphatic heterocycles. The van der Waals surface area contributed by atoms with E-state index in [0.717, 1.165) is 15.7 Å². The van der Waals surface area contributed by atoms with E-state index < -0.39 is 0 Å². The zero-order valence-electron chi connectivity index (χ0n) is 11.5. The minimum atomic E-state index is -0.223. The lowest BCUT2D eigenvalue weighted by atomic mass is 10.3. The number of furan rings is 1. The van der Waals surface area contributed by atoms with Gasteiger partial charge in [0, 0.05) is 24.2 Å². The van der Waals surface area contributed by atoms with Crippen LogP contribution in [-0.2, 0) is 7.05 Å². The molecule has 22 heavy (non-hydrogen) atoms. The first-order valence-corrected chi connectivity index (χ1v) is 7.71. The summed E-state index contributed by atoms with van der Waals surface area (Å²) < 4.78 is 8.04. The second-order valence-corrected chi connectivity index (χ2v) is 6.31. The third kappa shape index (κ3) is 2.08. The van der Waals surface area contributed by atoms with Gasteiger partial charge in [-0.3, -0.25) is 10.1 Å². The molecule has 110 valence electrons. The Hall–Kier alpha value is -2.31. The van der Waals surface area contributed by atoms with Crippen molar-refractivity contribution in [3.8, 4) is 0 Å². The SMILES string of the molecule is Cn1c(C(=O)Nc2nc3ccc(Cl)cc3s2)cc2occc21. The van der Waals surface area contributed by atoms with Gasteiger partial charge in [-0.05, 0) is 18.2 Å². The van der Waals surface area contributed by atoms with Crippen LogP contribution >= 0.6 is 22.9 Å². The molecule has 1 N–H and O–H groups in total. The smallest absolute Gasteiger partial charge is 0.274 e. The van der Waals surface area contributed by atoms with Gasteiger partial charge in [0.15, 0.2) is 10.7 Å². The van der Waals surface area contributed by atoms with Crippen molar-refractivity contribution in [2.75, 3.05) is 5.32 Å². The van der Waals surface area contributed by atoms with E-state index >= 15 is 0 Å². The number of anilines is 1. The minimum Gasteiger partial charge on any atom is -0.463 e. The predicted octanol–water partition coefficient (Wildman–Crippen LogP) is 4.29. The molecule has 0 spiro atoms. The second-order valence-electron chi connectivity index (χ2n) is 4.84. The molecule has 3 aromatic heterocycles. The molecule has 0 saturated heterocycles. The second kappa shape index (κ2) is 4.86. The van der Waals surface area contributed by atoms with Crippen LogP contribution in [0.3, 0.4) is 0 Å².